The molecule has 1 aromatic carbocycles. The van der Waals surface area contributed by atoms with Crippen LogP contribution in [0.4, 0.5) is 22.0 Å². The molecule has 0 bridgehead atoms. The quantitative estimate of drug-likeness (QED) is 0.211. The molecule has 0 spiro atoms. The van der Waals surface area contributed by atoms with Gasteiger partial charge in [0.1, 0.15) is 16.5 Å². The molecule has 2 rings (SSSR count). The third-order valence-corrected chi connectivity index (χ3v) is 4.34. The number of rotatable bonds is 8. The highest BCUT2D eigenvalue weighted by atomic mass is 127. The van der Waals surface area contributed by atoms with E-state index in [1.54, 1.807) is 19.1 Å². The van der Waals surface area contributed by atoms with Gasteiger partial charge >= 0.3 is 12.8 Å². The highest BCUT2D eigenvalue weighted by molar-refractivity contribution is 14.0. The summed E-state index contributed by atoms with van der Waals surface area (Å²) in [6, 6.07) is 4.45. The number of hydrogen-bond donors (Lipinski definition) is 2. The SMILES string of the molecule is CCNC(=NCc1ccc(OC)cc1OC(F)F)NCc1nc(C(F)(F)F)cs1.I. The molecule has 6 nitrogen and oxygen atoms in total. The molecule has 30 heavy (non-hydrogen) atoms. The highest BCUT2D eigenvalue weighted by Gasteiger charge is 2.33. The predicted molar refractivity (Wildman–Crippen MR) is 114 cm³/mol. The molecule has 0 aliphatic carbocycles. The zero-order chi connectivity index (χ0) is 21.4. The molecule has 0 radical (unpaired) electrons. The van der Waals surface area contributed by atoms with Crippen molar-refractivity contribution in [2.24, 2.45) is 4.99 Å². The van der Waals surface area contributed by atoms with E-state index in [9.17, 15) is 22.0 Å². The number of aromatic nitrogens is 1. The second-order valence-electron chi connectivity index (χ2n) is 5.53. The molecule has 0 saturated heterocycles. The second kappa shape index (κ2) is 12.1. The standard InChI is InChI=1S/C17H19F5N4O2S.HI/c1-3-23-16(25-8-14-26-13(9-29-14)17(20,21)22)24-7-10-4-5-11(27-2)6-12(10)28-15(18)19;/h4-6,9,15H,3,7-8H2,1-2H3,(H2,23,24,25);1H. The minimum Gasteiger partial charge on any atom is -0.497 e. The Kier molecular flexibility index (Phi) is 10.5. The Labute approximate surface area is 190 Å². The van der Waals surface area contributed by atoms with Crippen LogP contribution in [0.15, 0.2) is 28.6 Å². The molecule has 0 unspecified atom stereocenters. The normalized spacial score (nSPS) is 11.8. The Bertz CT molecular complexity index is 833. The predicted octanol–water partition coefficient (Wildman–Crippen LogP) is 4.65. The zero-order valence-electron chi connectivity index (χ0n) is 15.9. The molecule has 0 aliphatic rings. The number of nitrogens with zero attached hydrogens (tertiary/aromatic N) is 2. The summed E-state index contributed by atoms with van der Waals surface area (Å²) in [5.74, 6) is 0.561. The molecule has 1 heterocycles. The van der Waals surface area contributed by atoms with Gasteiger partial charge in [0, 0.05) is 23.6 Å². The van der Waals surface area contributed by atoms with Crippen molar-refractivity contribution >= 4 is 41.3 Å². The van der Waals surface area contributed by atoms with E-state index < -0.39 is 18.5 Å². The first-order valence-electron chi connectivity index (χ1n) is 8.38. The summed E-state index contributed by atoms with van der Waals surface area (Å²) in [5.41, 5.74) is -0.565. The lowest BCUT2D eigenvalue weighted by molar-refractivity contribution is -0.140. The van der Waals surface area contributed by atoms with Gasteiger partial charge in [0.2, 0.25) is 0 Å². The molecule has 0 atom stereocenters. The minimum absolute atomic E-state index is 0. The van der Waals surface area contributed by atoms with E-state index in [4.69, 9.17) is 4.74 Å². The zero-order valence-corrected chi connectivity index (χ0v) is 19.1. The molecule has 1 aromatic heterocycles. The van der Waals surface area contributed by atoms with Crippen molar-refractivity contribution in [1.29, 1.82) is 0 Å². The van der Waals surface area contributed by atoms with Gasteiger partial charge in [-0.05, 0) is 19.1 Å². The van der Waals surface area contributed by atoms with E-state index in [-0.39, 0.29) is 53.8 Å². The fraction of sp³-hybridized carbons (Fsp3) is 0.412. The number of nitrogens with one attached hydrogen (secondary N) is 2. The molecule has 0 aliphatic heterocycles. The first-order valence-corrected chi connectivity index (χ1v) is 9.26. The van der Waals surface area contributed by atoms with Crippen LogP contribution in [0.2, 0.25) is 0 Å². The summed E-state index contributed by atoms with van der Waals surface area (Å²) >= 11 is 0.871. The summed E-state index contributed by atoms with van der Waals surface area (Å²) in [7, 11) is 1.40. The molecule has 13 heteroatoms. The summed E-state index contributed by atoms with van der Waals surface area (Å²) in [6.07, 6.45) is -4.50. The average Bonchev–Trinajstić information content (AvgIpc) is 3.13. The van der Waals surface area contributed by atoms with E-state index in [0.717, 1.165) is 16.7 Å². The Morgan fingerprint density at radius 3 is 2.57 bits per heavy atom. The number of ether oxygens (including phenoxy) is 2. The molecule has 0 amide bonds. The van der Waals surface area contributed by atoms with Gasteiger partial charge in [0.25, 0.3) is 0 Å². The number of aliphatic imine (C=N–C) groups is 1. The van der Waals surface area contributed by atoms with E-state index in [1.807, 2.05) is 0 Å². The third-order valence-electron chi connectivity index (χ3n) is 3.49. The summed E-state index contributed by atoms with van der Waals surface area (Å²) < 4.78 is 72.7. The Balaban J connectivity index is 0.00000450. The van der Waals surface area contributed by atoms with Crippen LogP contribution in [-0.4, -0.2) is 31.2 Å². The van der Waals surface area contributed by atoms with Crippen molar-refractivity contribution in [3.8, 4) is 11.5 Å². The number of hydrogen-bond acceptors (Lipinski definition) is 5. The summed E-state index contributed by atoms with van der Waals surface area (Å²) in [5, 5.41) is 6.95. The van der Waals surface area contributed by atoms with Crippen molar-refractivity contribution in [2.45, 2.75) is 32.8 Å². The van der Waals surface area contributed by atoms with Crippen LogP contribution in [0.1, 0.15) is 23.2 Å². The van der Waals surface area contributed by atoms with E-state index in [2.05, 4.69) is 25.3 Å². The fourth-order valence-corrected chi connectivity index (χ4v) is 2.93. The molecule has 0 fully saturated rings. The lowest BCUT2D eigenvalue weighted by Crippen LogP contribution is -2.36. The van der Waals surface area contributed by atoms with Gasteiger partial charge in [0.15, 0.2) is 11.7 Å². The van der Waals surface area contributed by atoms with Crippen LogP contribution in [0.5, 0.6) is 11.5 Å². The van der Waals surface area contributed by atoms with Gasteiger partial charge in [-0.25, -0.2) is 9.98 Å². The van der Waals surface area contributed by atoms with Crippen molar-refractivity contribution in [3.63, 3.8) is 0 Å². The summed E-state index contributed by atoms with van der Waals surface area (Å²) in [4.78, 5) is 7.79. The Morgan fingerprint density at radius 2 is 2.00 bits per heavy atom. The maximum Gasteiger partial charge on any atom is 0.434 e. The van der Waals surface area contributed by atoms with E-state index >= 15 is 0 Å². The molecular weight excluding hydrogens is 546 g/mol. The van der Waals surface area contributed by atoms with E-state index in [1.165, 1.54) is 13.2 Å². The lowest BCUT2D eigenvalue weighted by Gasteiger charge is -2.13. The van der Waals surface area contributed by atoms with Crippen molar-refractivity contribution < 1.29 is 31.4 Å². The summed E-state index contributed by atoms with van der Waals surface area (Å²) in [6.45, 7) is -0.701. The first-order chi connectivity index (χ1) is 13.7. The minimum atomic E-state index is -4.50. The lowest BCUT2D eigenvalue weighted by atomic mass is 10.2. The van der Waals surface area contributed by atoms with Crippen molar-refractivity contribution in [1.82, 2.24) is 15.6 Å². The van der Waals surface area contributed by atoms with Gasteiger partial charge in [-0.1, -0.05) is 0 Å². The smallest absolute Gasteiger partial charge is 0.434 e. The van der Waals surface area contributed by atoms with Crippen molar-refractivity contribution in [2.75, 3.05) is 13.7 Å². The fourth-order valence-electron chi connectivity index (χ4n) is 2.19. The van der Waals surface area contributed by atoms with Crippen LogP contribution in [0.3, 0.4) is 0 Å². The molecular formula is C17H20F5IN4O2S. The monoisotopic (exact) mass is 566 g/mol. The largest absolute Gasteiger partial charge is 0.497 e. The first kappa shape index (κ1) is 26.1. The number of benzene rings is 1. The van der Waals surface area contributed by atoms with Gasteiger partial charge in [0.05, 0.1) is 20.2 Å². The Hall–Kier alpha value is -1.90. The number of alkyl halides is 5. The second-order valence-corrected chi connectivity index (χ2v) is 6.47. The van der Waals surface area contributed by atoms with Gasteiger partial charge in [-0.15, -0.1) is 35.3 Å². The molecule has 2 aromatic rings. The number of guanidine groups is 1. The maximum atomic E-state index is 12.6. The number of methoxy groups -OCH3 is 1. The van der Waals surface area contributed by atoms with Gasteiger partial charge in [-0.2, -0.15) is 22.0 Å². The van der Waals surface area contributed by atoms with Gasteiger partial charge < -0.3 is 20.1 Å². The van der Waals surface area contributed by atoms with Crippen LogP contribution < -0.4 is 20.1 Å². The molecule has 2 N–H and O–H groups in total. The van der Waals surface area contributed by atoms with Crippen molar-refractivity contribution in [3.05, 3.63) is 39.8 Å². The molecule has 0 saturated carbocycles. The topological polar surface area (TPSA) is 67.8 Å². The van der Waals surface area contributed by atoms with Gasteiger partial charge in [-0.3, -0.25) is 0 Å². The van der Waals surface area contributed by atoms with Crippen LogP contribution in [0.25, 0.3) is 0 Å². The van der Waals surface area contributed by atoms with Crippen LogP contribution >= 0.6 is 35.3 Å². The number of halogens is 6. The highest BCUT2D eigenvalue weighted by Crippen LogP contribution is 2.30. The van der Waals surface area contributed by atoms with E-state index in [0.29, 0.717) is 17.9 Å². The maximum absolute atomic E-state index is 12.6. The Morgan fingerprint density at radius 1 is 1.27 bits per heavy atom. The average molecular weight is 566 g/mol. The van der Waals surface area contributed by atoms with Crippen LogP contribution in [-0.2, 0) is 19.3 Å². The van der Waals surface area contributed by atoms with Crippen LogP contribution in [0, 0.1) is 0 Å². The molecule has 168 valence electrons. The third kappa shape index (κ3) is 8.08. The number of thiazole rings is 1.